The van der Waals surface area contributed by atoms with Crippen LogP contribution >= 0.6 is 0 Å². The molecule has 2 aliphatic rings. The normalized spacial score (nSPS) is 21.1. The van der Waals surface area contributed by atoms with E-state index >= 15 is 0 Å². The Hall–Kier alpha value is -2.93. The molecule has 0 aromatic heterocycles. The van der Waals surface area contributed by atoms with E-state index in [1.165, 1.54) is 11.6 Å². The minimum Gasteiger partial charge on any atom is -0.379 e. The molecule has 0 radical (unpaired) electrons. The summed E-state index contributed by atoms with van der Waals surface area (Å²) in [5.41, 5.74) is 3.00. The number of nitro benzene ring substituents is 1. The van der Waals surface area contributed by atoms with Crippen LogP contribution in [-0.4, -0.2) is 30.0 Å². The van der Waals surface area contributed by atoms with Crippen LogP contribution in [0.2, 0.25) is 0 Å². The van der Waals surface area contributed by atoms with Crippen LogP contribution in [0.25, 0.3) is 0 Å². The average molecular weight is 409 g/mol. The van der Waals surface area contributed by atoms with Crippen LogP contribution in [0.3, 0.4) is 0 Å². The fraction of sp³-hybridized carbons (Fsp3) is 0.435. The molecule has 1 heterocycles. The van der Waals surface area contributed by atoms with Crippen LogP contribution < -0.4 is 10.6 Å². The fourth-order valence-electron chi connectivity index (χ4n) is 3.89. The Morgan fingerprint density at radius 1 is 1.17 bits per heavy atom. The SMILES string of the molecule is Cc1ccc(C2OCCCC2CNc2ccc(C(=O)NC3CC3)cc2[N+](=O)[O-])cc1. The third kappa shape index (κ3) is 4.79. The standard InChI is InChI=1S/C23H27N3O4/c1-15-4-6-16(7-5-15)22-18(3-2-12-30-22)14-24-20-11-8-17(13-21(20)26(28)29)23(27)25-19-9-10-19/h4-8,11,13,18-19,22,24H,2-3,9-10,12,14H2,1H3,(H,25,27). The van der Waals surface area contributed by atoms with Gasteiger partial charge in [0.2, 0.25) is 0 Å². The van der Waals surface area contributed by atoms with E-state index in [4.69, 9.17) is 4.74 Å². The van der Waals surface area contributed by atoms with E-state index in [0.717, 1.165) is 37.9 Å². The van der Waals surface area contributed by atoms with Crippen molar-refractivity contribution >= 4 is 17.3 Å². The van der Waals surface area contributed by atoms with Gasteiger partial charge in [0.1, 0.15) is 5.69 Å². The first-order chi connectivity index (χ1) is 14.5. The number of anilines is 1. The molecule has 2 unspecified atom stereocenters. The number of hydrogen-bond donors (Lipinski definition) is 2. The molecular formula is C23H27N3O4. The lowest BCUT2D eigenvalue weighted by Crippen LogP contribution is -2.28. The molecule has 2 fully saturated rings. The summed E-state index contributed by atoms with van der Waals surface area (Å²) in [5, 5.41) is 17.7. The highest BCUT2D eigenvalue weighted by atomic mass is 16.6. The monoisotopic (exact) mass is 409 g/mol. The van der Waals surface area contributed by atoms with Crippen molar-refractivity contribution in [3.8, 4) is 0 Å². The zero-order valence-electron chi connectivity index (χ0n) is 17.1. The molecule has 2 N–H and O–H groups in total. The Kier molecular flexibility index (Phi) is 5.99. The van der Waals surface area contributed by atoms with Gasteiger partial charge < -0.3 is 15.4 Å². The minimum absolute atomic E-state index is 0.0329. The fourth-order valence-corrected chi connectivity index (χ4v) is 3.89. The number of nitrogens with zero attached hydrogens (tertiary/aromatic N) is 1. The summed E-state index contributed by atoms with van der Waals surface area (Å²) in [6, 6.07) is 13.2. The predicted octanol–water partition coefficient (Wildman–Crippen LogP) is 4.38. The molecule has 158 valence electrons. The number of aryl methyl sites for hydroxylation is 1. The Bertz CT molecular complexity index is 925. The number of benzene rings is 2. The highest BCUT2D eigenvalue weighted by Crippen LogP contribution is 2.35. The van der Waals surface area contributed by atoms with Crippen LogP contribution in [0.5, 0.6) is 0 Å². The maximum atomic E-state index is 12.2. The van der Waals surface area contributed by atoms with Gasteiger partial charge in [-0.15, -0.1) is 0 Å². The lowest BCUT2D eigenvalue weighted by Gasteiger charge is -2.32. The molecule has 1 aliphatic heterocycles. The molecule has 1 saturated carbocycles. The van der Waals surface area contributed by atoms with Crippen molar-refractivity contribution in [2.24, 2.45) is 5.92 Å². The summed E-state index contributed by atoms with van der Waals surface area (Å²) < 4.78 is 6.05. The van der Waals surface area contributed by atoms with Gasteiger partial charge in [-0.1, -0.05) is 29.8 Å². The number of nitro groups is 1. The molecule has 7 heteroatoms. The van der Waals surface area contributed by atoms with Gasteiger partial charge in [-0.05, 0) is 50.3 Å². The van der Waals surface area contributed by atoms with Crippen molar-refractivity contribution < 1.29 is 14.5 Å². The molecule has 1 amide bonds. The maximum absolute atomic E-state index is 12.2. The molecule has 2 atom stereocenters. The number of nitrogens with one attached hydrogen (secondary N) is 2. The minimum atomic E-state index is -0.439. The van der Waals surface area contributed by atoms with E-state index in [-0.39, 0.29) is 29.7 Å². The Morgan fingerprint density at radius 3 is 2.63 bits per heavy atom. The van der Waals surface area contributed by atoms with E-state index in [1.807, 2.05) is 0 Å². The largest absolute Gasteiger partial charge is 0.379 e. The van der Waals surface area contributed by atoms with Gasteiger partial charge in [0.05, 0.1) is 11.0 Å². The van der Waals surface area contributed by atoms with E-state index < -0.39 is 4.92 Å². The van der Waals surface area contributed by atoms with Gasteiger partial charge in [-0.25, -0.2) is 0 Å². The van der Waals surface area contributed by atoms with Gasteiger partial charge in [-0.3, -0.25) is 14.9 Å². The van der Waals surface area contributed by atoms with E-state index in [9.17, 15) is 14.9 Å². The van der Waals surface area contributed by atoms with Gasteiger partial charge in [0.15, 0.2) is 0 Å². The predicted molar refractivity (Wildman–Crippen MR) is 115 cm³/mol. The molecule has 2 aromatic carbocycles. The molecule has 4 rings (SSSR count). The lowest BCUT2D eigenvalue weighted by molar-refractivity contribution is -0.384. The molecule has 1 aliphatic carbocycles. The quantitative estimate of drug-likeness (QED) is 0.523. The van der Waals surface area contributed by atoms with Crippen LogP contribution in [0.1, 0.15) is 53.3 Å². The summed E-state index contributed by atoms with van der Waals surface area (Å²) in [5.74, 6) is -0.0498. The summed E-state index contributed by atoms with van der Waals surface area (Å²) in [6.45, 7) is 3.34. The number of hydrogen-bond acceptors (Lipinski definition) is 5. The van der Waals surface area contributed by atoms with Crippen molar-refractivity contribution in [1.82, 2.24) is 5.32 Å². The van der Waals surface area contributed by atoms with Crippen molar-refractivity contribution in [1.29, 1.82) is 0 Å². The van der Waals surface area contributed by atoms with Crippen molar-refractivity contribution in [2.45, 2.75) is 44.8 Å². The van der Waals surface area contributed by atoms with E-state index in [1.54, 1.807) is 12.1 Å². The number of ether oxygens (including phenoxy) is 1. The topological polar surface area (TPSA) is 93.5 Å². The second-order valence-electron chi connectivity index (χ2n) is 8.22. The van der Waals surface area contributed by atoms with Crippen LogP contribution in [-0.2, 0) is 4.74 Å². The lowest BCUT2D eigenvalue weighted by atomic mass is 9.89. The van der Waals surface area contributed by atoms with Gasteiger partial charge in [-0.2, -0.15) is 0 Å². The third-order valence-corrected chi connectivity index (χ3v) is 5.77. The molecule has 1 saturated heterocycles. The summed E-state index contributed by atoms with van der Waals surface area (Å²) >= 11 is 0. The van der Waals surface area contributed by atoms with Crippen molar-refractivity contribution in [3.63, 3.8) is 0 Å². The first kappa shape index (κ1) is 20.3. The average Bonchev–Trinajstić information content (AvgIpc) is 3.57. The van der Waals surface area contributed by atoms with E-state index in [0.29, 0.717) is 17.8 Å². The second kappa shape index (κ2) is 8.83. The molecule has 0 bridgehead atoms. The van der Waals surface area contributed by atoms with Gasteiger partial charge in [0.25, 0.3) is 11.6 Å². The first-order valence-electron chi connectivity index (χ1n) is 10.5. The van der Waals surface area contributed by atoms with Gasteiger partial charge in [0, 0.05) is 36.7 Å². The molecule has 30 heavy (non-hydrogen) atoms. The Balaban J connectivity index is 1.47. The number of carbonyl (C=O) groups is 1. The molecule has 2 aromatic rings. The highest BCUT2D eigenvalue weighted by Gasteiger charge is 2.29. The summed E-state index contributed by atoms with van der Waals surface area (Å²) in [7, 11) is 0. The Labute approximate surface area is 176 Å². The van der Waals surface area contributed by atoms with Crippen molar-refractivity contribution in [3.05, 3.63) is 69.3 Å². The zero-order chi connectivity index (χ0) is 21.1. The van der Waals surface area contributed by atoms with Crippen LogP contribution in [0.15, 0.2) is 42.5 Å². The molecular weight excluding hydrogens is 382 g/mol. The van der Waals surface area contributed by atoms with E-state index in [2.05, 4.69) is 41.8 Å². The third-order valence-electron chi connectivity index (χ3n) is 5.77. The Morgan fingerprint density at radius 2 is 1.93 bits per heavy atom. The van der Waals surface area contributed by atoms with Crippen LogP contribution in [0.4, 0.5) is 11.4 Å². The summed E-state index contributed by atoms with van der Waals surface area (Å²) in [6.07, 6.45) is 3.87. The molecule has 7 nitrogen and oxygen atoms in total. The number of carbonyl (C=O) groups excluding carboxylic acids is 1. The van der Waals surface area contributed by atoms with Crippen LogP contribution in [0, 0.1) is 23.0 Å². The first-order valence-corrected chi connectivity index (χ1v) is 10.5. The van der Waals surface area contributed by atoms with Crippen molar-refractivity contribution in [2.75, 3.05) is 18.5 Å². The molecule has 0 spiro atoms. The zero-order valence-corrected chi connectivity index (χ0v) is 17.1. The maximum Gasteiger partial charge on any atom is 0.293 e. The number of rotatable bonds is 7. The number of amides is 1. The highest BCUT2D eigenvalue weighted by molar-refractivity contribution is 5.96. The second-order valence-corrected chi connectivity index (χ2v) is 8.22. The smallest absolute Gasteiger partial charge is 0.293 e. The summed E-state index contributed by atoms with van der Waals surface area (Å²) in [4.78, 5) is 23.4. The van der Waals surface area contributed by atoms with Gasteiger partial charge >= 0.3 is 0 Å².